The number of hydrogen-bond donors (Lipinski definition) is 1. The molecule has 1 aromatic rings. The van der Waals surface area contributed by atoms with Gasteiger partial charge in [-0.05, 0) is 19.2 Å². The maximum absolute atomic E-state index is 12.1. The van der Waals surface area contributed by atoms with Gasteiger partial charge in [-0.1, -0.05) is 0 Å². The fourth-order valence-corrected chi connectivity index (χ4v) is 2.23. The average molecular weight is 236 g/mol. The molecule has 1 aliphatic rings. The van der Waals surface area contributed by atoms with Gasteiger partial charge in [-0.25, -0.2) is 0 Å². The molecule has 0 radical (unpaired) electrons. The smallest absolute Gasteiger partial charge is 0.248 e. The number of nitrogens with zero attached hydrogens (tertiary/aromatic N) is 1. The highest BCUT2D eigenvalue weighted by Gasteiger charge is 2.39. The lowest BCUT2D eigenvalue weighted by Crippen LogP contribution is -2.30. The molecule has 17 heavy (non-hydrogen) atoms. The van der Waals surface area contributed by atoms with Crippen molar-refractivity contribution < 1.29 is 14.3 Å². The Bertz CT molecular complexity index is 459. The highest BCUT2D eigenvalue weighted by molar-refractivity contribution is 6.06. The van der Waals surface area contributed by atoms with E-state index in [0.717, 1.165) is 11.3 Å². The average Bonchev–Trinajstić information content (AvgIpc) is 2.61. The predicted molar refractivity (Wildman–Crippen MR) is 64.8 cm³/mol. The first-order valence-electron chi connectivity index (χ1n) is 5.35. The van der Waals surface area contributed by atoms with Gasteiger partial charge in [-0.15, -0.1) is 0 Å². The van der Waals surface area contributed by atoms with Gasteiger partial charge in [0.05, 0.1) is 19.9 Å². The first-order chi connectivity index (χ1) is 8.15. The van der Waals surface area contributed by atoms with Crippen LogP contribution < -0.4 is 19.7 Å². The number of carbonyl (C=O) groups is 1. The zero-order valence-electron chi connectivity index (χ0n) is 10.4. The van der Waals surface area contributed by atoms with Crippen molar-refractivity contribution in [2.45, 2.75) is 6.04 Å². The Balaban J connectivity index is 2.68. The Morgan fingerprint density at radius 2 is 1.82 bits per heavy atom. The standard InChI is InChI=1S/C12H16N2O3/c1-13-10-9-7(16-3)5-6-8(17-4)11(9)14(2)12(10)15/h5-6,10,13H,1-4H3. The fraction of sp³-hybridized carbons (Fsp3) is 0.417. The van der Waals surface area contributed by atoms with Crippen LogP contribution in [0.2, 0.25) is 0 Å². The minimum atomic E-state index is -0.375. The third-order valence-electron chi connectivity index (χ3n) is 3.07. The number of fused-ring (bicyclic) bond motifs is 1. The maximum atomic E-state index is 12.1. The van der Waals surface area contributed by atoms with Crippen molar-refractivity contribution in [3.05, 3.63) is 17.7 Å². The van der Waals surface area contributed by atoms with Crippen molar-refractivity contribution in [3.8, 4) is 11.5 Å². The third kappa shape index (κ3) is 1.54. The molecule has 0 aliphatic carbocycles. The Morgan fingerprint density at radius 3 is 2.35 bits per heavy atom. The minimum absolute atomic E-state index is 0.00898. The Hall–Kier alpha value is -1.75. The number of rotatable bonds is 3. The molecular weight excluding hydrogens is 220 g/mol. The molecule has 92 valence electrons. The van der Waals surface area contributed by atoms with Crippen molar-refractivity contribution in [1.82, 2.24) is 5.32 Å². The van der Waals surface area contributed by atoms with E-state index in [1.807, 2.05) is 6.07 Å². The van der Waals surface area contributed by atoms with Crippen molar-refractivity contribution in [3.63, 3.8) is 0 Å². The number of amides is 1. The number of likely N-dealkylation sites (N-methyl/N-ethyl adjacent to an activating group) is 2. The van der Waals surface area contributed by atoms with E-state index in [0.29, 0.717) is 11.5 Å². The van der Waals surface area contributed by atoms with Crippen LogP contribution in [0.4, 0.5) is 5.69 Å². The summed E-state index contributed by atoms with van der Waals surface area (Å²) in [6.07, 6.45) is 0. The highest BCUT2D eigenvalue weighted by atomic mass is 16.5. The summed E-state index contributed by atoms with van der Waals surface area (Å²) in [6, 6.07) is 3.24. The zero-order chi connectivity index (χ0) is 12.6. The lowest BCUT2D eigenvalue weighted by Gasteiger charge is -2.15. The Kier molecular flexibility index (Phi) is 2.93. The van der Waals surface area contributed by atoms with Crippen molar-refractivity contribution in [2.24, 2.45) is 0 Å². The molecule has 0 aromatic heterocycles. The summed E-state index contributed by atoms with van der Waals surface area (Å²) in [5.74, 6) is 1.36. The van der Waals surface area contributed by atoms with Crippen LogP contribution in [0.15, 0.2) is 12.1 Å². The molecule has 0 saturated heterocycles. The van der Waals surface area contributed by atoms with Crippen LogP contribution in [0.25, 0.3) is 0 Å². The SMILES string of the molecule is CNC1C(=O)N(C)c2c(OC)ccc(OC)c21. The molecule has 1 unspecified atom stereocenters. The monoisotopic (exact) mass is 236 g/mol. The number of anilines is 1. The van der Waals surface area contributed by atoms with Crippen LogP contribution in [0, 0.1) is 0 Å². The molecule has 0 fully saturated rings. The van der Waals surface area contributed by atoms with E-state index in [2.05, 4.69) is 5.32 Å². The number of benzene rings is 1. The van der Waals surface area contributed by atoms with E-state index >= 15 is 0 Å². The van der Waals surface area contributed by atoms with Crippen molar-refractivity contribution in [1.29, 1.82) is 0 Å². The molecule has 0 bridgehead atoms. The second-order valence-corrected chi connectivity index (χ2v) is 3.85. The van der Waals surface area contributed by atoms with Crippen molar-refractivity contribution >= 4 is 11.6 Å². The summed E-state index contributed by atoms with van der Waals surface area (Å²) in [5, 5.41) is 3.00. The third-order valence-corrected chi connectivity index (χ3v) is 3.07. The van der Waals surface area contributed by atoms with Gasteiger partial charge in [-0.2, -0.15) is 0 Å². The first-order valence-corrected chi connectivity index (χ1v) is 5.35. The molecule has 1 heterocycles. The quantitative estimate of drug-likeness (QED) is 0.848. The van der Waals surface area contributed by atoms with E-state index in [1.165, 1.54) is 0 Å². The second-order valence-electron chi connectivity index (χ2n) is 3.85. The van der Waals surface area contributed by atoms with Gasteiger partial charge in [0.15, 0.2) is 0 Å². The van der Waals surface area contributed by atoms with Gasteiger partial charge in [0.1, 0.15) is 17.5 Å². The van der Waals surface area contributed by atoms with Crippen LogP contribution in [0.1, 0.15) is 11.6 Å². The Morgan fingerprint density at radius 1 is 1.24 bits per heavy atom. The van der Waals surface area contributed by atoms with Gasteiger partial charge < -0.3 is 19.7 Å². The Labute approximate surface area is 100 Å². The molecular formula is C12H16N2O3. The van der Waals surface area contributed by atoms with Crippen LogP contribution in [0.5, 0.6) is 11.5 Å². The molecule has 5 nitrogen and oxygen atoms in total. The largest absolute Gasteiger partial charge is 0.496 e. The summed E-state index contributed by atoms with van der Waals surface area (Å²) in [6.45, 7) is 0. The molecule has 2 rings (SSSR count). The van der Waals surface area contributed by atoms with E-state index in [9.17, 15) is 4.79 Å². The van der Waals surface area contributed by atoms with Gasteiger partial charge >= 0.3 is 0 Å². The molecule has 1 atom stereocenters. The second kappa shape index (κ2) is 4.25. The van der Waals surface area contributed by atoms with Crippen molar-refractivity contribution in [2.75, 3.05) is 33.2 Å². The molecule has 0 saturated carbocycles. The number of hydrogen-bond acceptors (Lipinski definition) is 4. The maximum Gasteiger partial charge on any atom is 0.248 e. The molecule has 1 aliphatic heterocycles. The summed E-state index contributed by atoms with van der Waals surface area (Å²) >= 11 is 0. The molecule has 1 N–H and O–H groups in total. The number of ether oxygens (including phenoxy) is 2. The number of nitrogens with one attached hydrogen (secondary N) is 1. The van der Waals surface area contributed by atoms with Gasteiger partial charge in [0.25, 0.3) is 0 Å². The van der Waals surface area contributed by atoms with Crippen LogP contribution in [-0.2, 0) is 4.79 Å². The fourth-order valence-electron chi connectivity index (χ4n) is 2.23. The summed E-state index contributed by atoms with van der Waals surface area (Å²) in [4.78, 5) is 13.7. The molecule has 5 heteroatoms. The summed E-state index contributed by atoms with van der Waals surface area (Å²) < 4.78 is 10.6. The predicted octanol–water partition coefficient (Wildman–Crippen LogP) is 0.941. The van der Waals surface area contributed by atoms with E-state index in [1.54, 1.807) is 39.3 Å². The first kappa shape index (κ1) is 11.7. The zero-order valence-corrected chi connectivity index (χ0v) is 10.4. The summed E-state index contributed by atoms with van der Waals surface area (Å²) in [5.41, 5.74) is 1.61. The van der Waals surface area contributed by atoms with Gasteiger partial charge in [-0.3, -0.25) is 4.79 Å². The van der Waals surface area contributed by atoms with Gasteiger partial charge in [0, 0.05) is 12.6 Å². The van der Waals surface area contributed by atoms with E-state index in [4.69, 9.17) is 9.47 Å². The summed E-state index contributed by atoms with van der Waals surface area (Å²) in [7, 11) is 6.68. The van der Waals surface area contributed by atoms with E-state index in [-0.39, 0.29) is 11.9 Å². The molecule has 1 aromatic carbocycles. The number of carbonyl (C=O) groups excluding carboxylic acids is 1. The van der Waals surface area contributed by atoms with Crippen LogP contribution in [-0.4, -0.2) is 34.2 Å². The minimum Gasteiger partial charge on any atom is -0.496 e. The van der Waals surface area contributed by atoms with Crippen LogP contribution in [0.3, 0.4) is 0 Å². The normalized spacial score (nSPS) is 18.2. The van der Waals surface area contributed by atoms with Gasteiger partial charge in [0.2, 0.25) is 5.91 Å². The molecule has 1 amide bonds. The van der Waals surface area contributed by atoms with Crippen LogP contribution >= 0.6 is 0 Å². The van der Waals surface area contributed by atoms with E-state index < -0.39 is 0 Å². The molecule has 0 spiro atoms. The topological polar surface area (TPSA) is 50.8 Å². The lowest BCUT2D eigenvalue weighted by atomic mass is 10.1. The lowest BCUT2D eigenvalue weighted by molar-refractivity contribution is -0.119. The highest BCUT2D eigenvalue weighted by Crippen LogP contribution is 2.46. The number of methoxy groups -OCH3 is 2.